The molecule has 0 aromatic heterocycles. The number of aliphatic hydroxyl groups excluding tert-OH is 4. The molecule has 0 aromatic carbocycles. The average Bonchev–Trinajstić information content (AvgIpc) is 2.94. The van der Waals surface area contributed by atoms with Gasteiger partial charge in [0, 0.05) is 17.8 Å². The van der Waals surface area contributed by atoms with Crippen LogP contribution >= 0.6 is 0 Å². The van der Waals surface area contributed by atoms with Gasteiger partial charge in [-0.2, -0.15) is 0 Å². The third kappa shape index (κ3) is 1.55. The summed E-state index contributed by atoms with van der Waals surface area (Å²) >= 11 is 0. The fraction of sp³-hybridized carbons (Fsp3) is 0.800. The highest BCUT2D eigenvalue weighted by Gasteiger charge is 2.85. The summed E-state index contributed by atoms with van der Waals surface area (Å²) in [6.45, 7) is 7.64. The van der Waals surface area contributed by atoms with Crippen LogP contribution in [-0.2, 0) is 14.3 Å². The number of rotatable bonds is 0. The van der Waals surface area contributed by atoms with E-state index in [0.29, 0.717) is 18.4 Å². The minimum Gasteiger partial charge on any atom is -0.461 e. The molecule has 5 fully saturated rings. The van der Waals surface area contributed by atoms with Gasteiger partial charge in [0.05, 0.1) is 23.7 Å². The van der Waals surface area contributed by atoms with E-state index in [4.69, 9.17) is 4.74 Å². The summed E-state index contributed by atoms with van der Waals surface area (Å²) in [7, 11) is 0. The van der Waals surface area contributed by atoms with Gasteiger partial charge < -0.3 is 25.2 Å². The van der Waals surface area contributed by atoms with Gasteiger partial charge in [0.2, 0.25) is 0 Å². The van der Waals surface area contributed by atoms with Gasteiger partial charge in [-0.1, -0.05) is 20.4 Å². The third-order valence-corrected chi connectivity index (χ3v) is 8.63. The van der Waals surface area contributed by atoms with Gasteiger partial charge in [-0.3, -0.25) is 9.59 Å². The van der Waals surface area contributed by atoms with Crippen LogP contribution in [0.2, 0.25) is 0 Å². The largest absolute Gasteiger partial charge is 0.461 e. The molecule has 1 saturated heterocycles. The topological polar surface area (TPSA) is 124 Å². The third-order valence-electron chi connectivity index (χ3n) is 8.63. The molecule has 10 atom stereocenters. The number of Topliss-reactive ketones (excluding diaryl/α,β-unsaturated/α-hetero) is 1. The lowest BCUT2D eigenvalue weighted by molar-refractivity contribution is -0.241. The lowest BCUT2D eigenvalue weighted by Gasteiger charge is -2.63. The van der Waals surface area contributed by atoms with Gasteiger partial charge in [-0.05, 0) is 30.3 Å². The number of ether oxygens (including phenoxy) is 1. The summed E-state index contributed by atoms with van der Waals surface area (Å²) in [5, 5.41) is 44.3. The van der Waals surface area contributed by atoms with Crippen molar-refractivity contribution in [2.75, 3.05) is 0 Å². The maximum absolute atomic E-state index is 13.5. The summed E-state index contributed by atoms with van der Waals surface area (Å²) in [6.07, 6.45) is -4.87. The number of esters is 1. The molecule has 0 amide bonds. The average molecular weight is 378 g/mol. The van der Waals surface area contributed by atoms with Crippen molar-refractivity contribution in [3.05, 3.63) is 12.2 Å². The number of hydrogen-bond acceptors (Lipinski definition) is 7. The van der Waals surface area contributed by atoms with Gasteiger partial charge >= 0.3 is 5.97 Å². The lowest BCUT2D eigenvalue weighted by atomic mass is 9.38. The zero-order chi connectivity index (χ0) is 19.7. The Morgan fingerprint density at radius 2 is 1.74 bits per heavy atom. The van der Waals surface area contributed by atoms with Gasteiger partial charge in [-0.15, -0.1) is 0 Å². The summed E-state index contributed by atoms with van der Waals surface area (Å²) in [5.74, 6) is -3.56. The Balaban J connectivity index is 1.84. The zero-order valence-electron chi connectivity index (χ0n) is 15.5. The van der Waals surface area contributed by atoms with E-state index in [1.165, 1.54) is 0 Å². The minimum absolute atomic E-state index is 0.264. The van der Waals surface area contributed by atoms with Crippen molar-refractivity contribution >= 4 is 11.8 Å². The Hall–Kier alpha value is -1.28. The van der Waals surface area contributed by atoms with E-state index in [0.717, 1.165) is 0 Å². The van der Waals surface area contributed by atoms with Crippen molar-refractivity contribution in [1.82, 2.24) is 0 Å². The summed E-state index contributed by atoms with van der Waals surface area (Å²) < 4.78 is 5.69. The molecule has 0 aromatic rings. The molecule has 1 heterocycles. The fourth-order valence-corrected chi connectivity index (χ4v) is 7.67. The molecule has 7 heteroatoms. The van der Waals surface area contributed by atoms with E-state index in [2.05, 4.69) is 6.58 Å². The van der Waals surface area contributed by atoms with Crippen molar-refractivity contribution in [2.24, 2.45) is 34.0 Å². The van der Waals surface area contributed by atoms with Gasteiger partial charge in [0.1, 0.15) is 17.6 Å². The van der Waals surface area contributed by atoms with Crippen LogP contribution < -0.4 is 0 Å². The molecular weight excluding hydrogens is 352 g/mol. The predicted molar refractivity (Wildman–Crippen MR) is 91.0 cm³/mol. The monoisotopic (exact) mass is 378 g/mol. The summed E-state index contributed by atoms with van der Waals surface area (Å²) in [5.41, 5.74) is -3.53. The normalized spacial score (nSPS) is 57.9. The first kappa shape index (κ1) is 17.8. The molecule has 5 rings (SSSR count). The van der Waals surface area contributed by atoms with E-state index in [1.807, 2.05) is 13.8 Å². The molecule has 5 aliphatic rings. The van der Waals surface area contributed by atoms with Crippen LogP contribution in [0.3, 0.4) is 0 Å². The summed E-state index contributed by atoms with van der Waals surface area (Å²) in [6, 6.07) is 0. The number of hydrogen-bond donors (Lipinski definition) is 4. The van der Waals surface area contributed by atoms with Crippen LogP contribution in [0, 0.1) is 34.0 Å². The second kappa shape index (κ2) is 4.82. The molecule has 2 spiro atoms. The highest BCUT2D eigenvalue weighted by atomic mass is 16.6. The van der Waals surface area contributed by atoms with Crippen molar-refractivity contribution in [2.45, 2.75) is 63.6 Å². The second-order valence-corrected chi connectivity index (χ2v) is 9.88. The van der Waals surface area contributed by atoms with Crippen molar-refractivity contribution in [1.29, 1.82) is 0 Å². The fourth-order valence-electron chi connectivity index (χ4n) is 7.67. The highest BCUT2D eigenvalue weighted by molar-refractivity contribution is 5.98. The first-order valence-electron chi connectivity index (χ1n) is 9.70. The summed E-state index contributed by atoms with van der Waals surface area (Å²) in [4.78, 5) is 26.8. The Bertz CT molecular complexity index is 774. The van der Waals surface area contributed by atoms with Crippen molar-refractivity contribution < 1.29 is 34.8 Å². The molecule has 7 nitrogen and oxygen atoms in total. The molecule has 4 N–H and O–H groups in total. The molecule has 148 valence electrons. The maximum atomic E-state index is 13.5. The molecule has 4 aliphatic carbocycles. The molecule has 1 aliphatic heterocycles. The molecule has 27 heavy (non-hydrogen) atoms. The van der Waals surface area contributed by atoms with Crippen LogP contribution in [-0.4, -0.2) is 62.7 Å². The SMILES string of the molecule is C=C1C2CC3OC(=O)C45C(O)CCC(C)(C)C4C(O)C(=O)C(C1O)(C2O)C35. The maximum Gasteiger partial charge on any atom is 0.315 e. The van der Waals surface area contributed by atoms with Crippen molar-refractivity contribution in [3.63, 3.8) is 0 Å². The highest BCUT2D eigenvalue weighted by Crippen LogP contribution is 2.73. The van der Waals surface area contributed by atoms with Gasteiger partial charge in [0.25, 0.3) is 0 Å². The number of fused-ring (bicyclic) bond motifs is 1. The molecule has 4 saturated carbocycles. The molecular formula is C20H26O7. The van der Waals surface area contributed by atoms with Crippen LogP contribution in [0.4, 0.5) is 0 Å². The first-order chi connectivity index (χ1) is 12.5. The standard InChI is InChI=1S/C20H26O7/c1-7-8-6-9-12-19(17(26)27-9)10(21)4-5-18(2,3)13(19)11(22)16(25)20(12,14(7)23)15(8)24/h8-15,21-24H,1,4-6H2,2-3H3. The molecule has 0 radical (unpaired) electrons. The number of ketones is 1. The second-order valence-electron chi connectivity index (χ2n) is 9.88. The van der Waals surface area contributed by atoms with Crippen LogP contribution in [0.25, 0.3) is 0 Å². The van der Waals surface area contributed by atoms with E-state index in [-0.39, 0.29) is 6.42 Å². The Morgan fingerprint density at radius 3 is 2.41 bits per heavy atom. The molecule has 10 unspecified atom stereocenters. The Labute approximate surface area is 157 Å². The van der Waals surface area contributed by atoms with Gasteiger partial charge in [-0.25, -0.2) is 0 Å². The first-order valence-corrected chi connectivity index (χ1v) is 9.70. The van der Waals surface area contributed by atoms with E-state index in [9.17, 15) is 30.0 Å². The zero-order valence-corrected chi connectivity index (χ0v) is 15.5. The molecule has 2 bridgehead atoms. The Kier molecular flexibility index (Phi) is 3.18. The Morgan fingerprint density at radius 1 is 1.07 bits per heavy atom. The smallest absolute Gasteiger partial charge is 0.315 e. The minimum atomic E-state index is -1.76. The van der Waals surface area contributed by atoms with E-state index < -0.39 is 76.3 Å². The van der Waals surface area contributed by atoms with Crippen LogP contribution in [0.5, 0.6) is 0 Å². The number of carbonyl (C=O) groups is 2. The van der Waals surface area contributed by atoms with Crippen molar-refractivity contribution in [3.8, 4) is 0 Å². The number of aliphatic hydroxyl groups is 4. The number of carbonyl (C=O) groups excluding carboxylic acids is 2. The quantitative estimate of drug-likeness (QED) is 0.332. The van der Waals surface area contributed by atoms with E-state index >= 15 is 0 Å². The predicted octanol–water partition coefficient (Wildman–Crippen LogP) is -0.447. The lowest BCUT2D eigenvalue weighted by Crippen LogP contribution is -2.75. The van der Waals surface area contributed by atoms with E-state index in [1.54, 1.807) is 0 Å². The van der Waals surface area contributed by atoms with Crippen LogP contribution in [0.1, 0.15) is 33.1 Å². The van der Waals surface area contributed by atoms with Crippen LogP contribution in [0.15, 0.2) is 12.2 Å². The van der Waals surface area contributed by atoms with Gasteiger partial charge in [0.15, 0.2) is 5.78 Å².